The van der Waals surface area contributed by atoms with E-state index in [4.69, 9.17) is 4.74 Å². The van der Waals surface area contributed by atoms with E-state index in [1.54, 1.807) is 18.4 Å². The van der Waals surface area contributed by atoms with Gasteiger partial charge < -0.3 is 4.74 Å². The van der Waals surface area contributed by atoms with Crippen LogP contribution in [0.4, 0.5) is 0 Å². The Bertz CT molecular complexity index is 686. The van der Waals surface area contributed by atoms with E-state index >= 15 is 0 Å². The second-order valence-electron chi connectivity index (χ2n) is 5.31. The van der Waals surface area contributed by atoms with Crippen LogP contribution in [0.2, 0.25) is 0 Å². The number of sulfonamides is 1. The molecule has 4 nitrogen and oxygen atoms in total. The topological polar surface area (TPSA) is 46.6 Å². The smallest absolute Gasteiger partial charge is 0.243 e. The molecule has 0 amide bonds. The molecule has 1 saturated heterocycles. The summed E-state index contributed by atoms with van der Waals surface area (Å²) < 4.78 is 32.1. The van der Waals surface area contributed by atoms with Crippen molar-refractivity contribution in [3.05, 3.63) is 53.5 Å². The van der Waals surface area contributed by atoms with E-state index < -0.39 is 10.0 Å². The van der Waals surface area contributed by atoms with E-state index in [1.165, 1.54) is 4.31 Å². The Morgan fingerprint density at radius 1 is 1.20 bits per heavy atom. The summed E-state index contributed by atoms with van der Waals surface area (Å²) in [4.78, 5) is 0.351. The van der Waals surface area contributed by atoms with Gasteiger partial charge in [-0.3, -0.25) is 0 Å². The summed E-state index contributed by atoms with van der Waals surface area (Å²) in [6, 6.07) is 6.97. The fraction of sp³-hybridized carbons (Fsp3) is 0.333. The molecule has 0 radical (unpaired) electrons. The van der Waals surface area contributed by atoms with Crippen LogP contribution in [0.3, 0.4) is 0 Å². The van der Waals surface area contributed by atoms with Gasteiger partial charge in [-0.2, -0.15) is 4.31 Å². The maximum Gasteiger partial charge on any atom is 0.243 e. The minimum Gasteiger partial charge on any atom is -0.470 e. The maximum absolute atomic E-state index is 12.6. The highest BCUT2D eigenvalue weighted by Crippen LogP contribution is 2.32. The number of hydrogen-bond donors (Lipinski definition) is 0. The Labute approximate surface area is 119 Å². The van der Waals surface area contributed by atoms with Gasteiger partial charge in [-0.15, -0.1) is 0 Å². The molecule has 1 unspecified atom stereocenters. The highest BCUT2D eigenvalue weighted by atomic mass is 32.2. The van der Waals surface area contributed by atoms with Gasteiger partial charge in [-0.25, -0.2) is 8.42 Å². The largest absolute Gasteiger partial charge is 0.470 e. The first-order valence-corrected chi connectivity index (χ1v) is 8.01. The van der Waals surface area contributed by atoms with Gasteiger partial charge in [0.2, 0.25) is 10.0 Å². The number of rotatable bonds is 2. The summed E-state index contributed by atoms with van der Waals surface area (Å²) >= 11 is 0. The second kappa shape index (κ2) is 4.75. The van der Waals surface area contributed by atoms with Crippen LogP contribution in [0.15, 0.2) is 52.8 Å². The average Bonchev–Trinajstić information content (AvgIpc) is 2.83. The van der Waals surface area contributed by atoms with Crippen molar-refractivity contribution >= 4 is 10.0 Å². The molecule has 106 valence electrons. The van der Waals surface area contributed by atoms with E-state index in [9.17, 15) is 8.42 Å². The van der Waals surface area contributed by atoms with Crippen LogP contribution in [-0.2, 0) is 14.8 Å². The van der Waals surface area contributed by atoms with Crippen molar-refractivity contribution in [2.24, 2.45) is 5.92 Å². The number of ether oxygens (including phenoxy) is 1. The van der Waals surface area contributed by atoms with E-state index in [2.05, 4.69) is 0 Å². The predicted molar refractivity (Wildman–Crippen MR) is 76.4 cm³/mol. The SMILES string of the molecule is CC1=CC2CN(S(=O)(=O)c3ccc(C)cc3)CC2=CO1. The molecule has 0 bridgehead atoms. The summed E-state index contributed by atoms with van der Waals surface area (Å²) in [5.74, 6) is 0.970. The molecule has 0 saturated carbocycles. The molecule has 2 aliphatic rings. The van der Waals surface area contributed by atoms with E-state index in [1.807, 2.05) is 32.1 Å². The molecule has 0 spiro atoms. The first-order chi connectivity index (χ1) is 9.46. The predicted octanol–water partition coefficient (Wildman–Crippen LogP) is 2.43. The molecule has 0 aliphatic carbocycles. The van der Waals surface area contributed by atoms with Crippen molar-refractivity contribution in [3.8, 4) is 0 Å². The van der Waals surface area contributed by atoms with Gasteiger partial charge in [0.25, 0.3) is 0 Å². The molecular formula is C15H17NO3S. The fourth-order valence-corrected chi connectivity index (χ4v) is 3.99. The molecule has 2 heterocycles. The van der Waals surface area contributed by atoms with E-state index in [0.717, 1.165) is 16.9 Å². The highest BCUT2D eigenvalue weighted by Gasteiger charge is 2.36. The number of aryl methyl sites for hydroxylation is 1. The van der Waals surface area contributed by atoms with Crippen LogP contribution in [0.5, 0.6) is 0 Å². The number of hydrogen-bond acceptors (Lipinski definition) is 3. The summed E-state index contributed by atoms with van der Waals surface area (Å²) in [6.45, 7) is 4.72. The van der Waals surface area contributed by atoms with Gasteiger partial charge in [0.15, 0.2) is 0 Å². The molecule has 1 aromatic rings. The lowest BCUT2D eigenvalue weighted by Gasteiger charge is -2.15. The zero-order valence-corrected chi connectivity index (χ0v) is 12.4. The van der Waals surface area contributed by atoms with Crippen molar-refractivity contribution in [2.75, 3.05) is 13.1 Å². The number of fused-ring (bicyclic) bond motifs is 1. The third kappa shape index (κ3) is 2.27. The number of nitrogens with zero attached hydrogens (tertiary/aromatic N) is 1. The standard InChI is InChI=1S/C15H17NO3S/c1-11-3-5-15(6-4-11)20(17,18)16-8-13-7-12(2)19-10-14(13)9-16/h3-7,10,13H,8-9H2,1-2H3. The quantitative estimate of drug-likeness (QED) is 0.841. The van der Waals surface area contributed by atoms with Crippen molar-refractivity contribution in [2.45, 2.75) is 18.7 Å². The van der Waals surface area contributed by atoms with Gasteiger partial charge in [-0.1, -0.05) is 17.7 Å². The molecule has 20 heavy (non-hydrogen) atoms. The first-order valence-electron chi connectivity index (χ1n) is 6.57. The summed E-state index contributed by atoms with van der Waals surface area (Å²) in [5.41, 5.74) is 2.07. The van der Waals surface area contributed by atoms with Crippen molar-refractivity contribution < 1.29 is 13.2 Å². The highest BCUT2D eigenvalue weighted by molar-refractivity contribution is 7.89. The fourth-order valence-electron chi connectivity index (χ4n) is 2.54. The van der Waals surface area contributed by atoms with E-state index in [-0.39, 0.29) is 5.92 Å². The van der Waals surface area contributed by atoms with Gasteiger partial charge >= 0.3 is 0 Å². The molecule has 1 atom stereocenters. The van der Waals surface area contributed by atoms with Crippen LogP contribution in [0, 0.1) is 12.8 Å². The van der Waals surface area contributed by atoms with Gasteiger partial charge in [0.1, 0.15) is 0 Å². The van der Waals surface area contributed by atoms with Crippen molar-refractivity contribution in [1.82, 2.24) is 4.31 Å². The lowest BCUT2D eigenvalue weighted by molar-refractivity contribution is 0.332. The Balaban J connectivity index is 1.89. The molecule has 1 aromatic carbocycles. The Morgan fingerprint density at radius 2 is 1.90 bits per heavy atom. The average molecular weight is 291 g/mol. The Morgan fingerprint density at radius 3 is 2.60 bits per heavy atom. The van der Waals surface area contributed by atoms with Gasteiger partial charge in [0, 0.05) is 19.0 Å². The zero-order chi connectivity index (χ0) is 14.3. The molecule has 3 rings (SSSR count). The maximum atomic E-state index is 12.6. The number of allylic oxidation sites excluding steroid dienone is 1. The molecule has 0 aromatic heterocycles. The number of benzene rings is 1. The molecule has 2 aliphatic heterocycles. The van der Waals surface area contributed by atoms with Crippen LogP contribution < -0.4 is 0 Å². The minimum atomic E-state index is -3.42. The van der Waals surface area contributed by atoms with Crippen LogP contribution in [0.25, 0.3) is 0 Å². The van der Waals surface area contributed by atoms with Crippen LogP contribution in [0.1, 0.15) is 12.5 Å². The minimum absolute atomic E-state index is 0.143. The van der Waals surface area contributed by atoms with Gasteiger partial charge in [-0.05, 0) is 37.6 Å². The lowest BCUT2D eigenvalue weighted by Crippen LogP contribution is -2.28. The molecular weight excluding hydrogens is 274 g/mol. The van der Waals surface area contributed by atoms with Crippen LogP contribution in [-0.4, -0.2) is 25.8 Å². The summed E-state index contributed by atoms with van der Waals surface area (Å²) in [7, 11) is -3.42. The van der Waals surface area contributed by atoms with Crippen molar-refractivity contribution in [3.63, 3.8) is 0 Å². The normalized spacial score (nSPS) is 22.8. The van der Waals surface area contributed by atoms with E-state index in [0.29, 0.717) is 18.0 Å². The molecule has 5 heteroatoms. The third-order valence-corrected chi connectivity index (χ3v) is 5.55. The first kappa shape index (κ1) is 13.4. The second-order valence-corrected chi connectivity index (χ2v) is 7.24. The zero-order valence-electron chi connectivity index (χ0n) is 11.5. The Hall–Kier alpha value is -1.59. The summed E-state index contributed by atoms with van der Waals surface area (Å²) in [5, 5.41) is 0. The Kier molecular flexibility index (Phi) is 3.18. The van der Waals surface area contributed by atoms with Gasteiger partial charge in [0.05, 0.1) is 16.9 Å². The monoisotopic (exact) mass is 291 g/mol. The third-order valence-electron chi connectivity index (χ3n) is 3.73. The van der Waals surface area contributed by atoms with Crippen molar-refractivity contribution in [1.29, 1.82) is 0 Å². The lowest BCUT2D eigenvalue weighted by atomic mass is 10.0. The molecule has 0 N–H and O–H groups in total. The summed E-state index contributed by atoms with van der Waals surface area (Å²) in [6.07, 6.45) is 3.67. The molecule has 1 fully saturated rings. The van der Waals surface area contributed by atoms with Crippen LogP contribution >= 0.6 is 0 Å².